The second-order valence-electron chi connectivity index (χ2n) is 2.45. The van der Waals surface area contributed by atoms with Crippen LogP contribution in [0, 0.1) is 5.41 Å². The Bertz CT molecular complexity index is 303. The van der Waals surface area contributed by atoms with E-state index in [9.17, 15) is 0 Å². The summed E-state index contributed by atoms with van der Waals surface area (Å²) < 4.78 is 5.11. The Morgan fingerprint density at radius 1 is 1.54 bits per heavy atom. The van der Waals surface area contributed by atoms with Crippen LogP contribution in [-0.2, 0) is 0 Å². The summed E-state index contributed by atoms with van der Waals surface area (Å²) in [6.45, 7) is 0. The van der Waals surface area contributed by atoms with Crippen molar-refractivity contribution in [1.82, 2.24) is 0 Å². The van der Waals surface area contributed by atoms with E-state index >= 15 is 0 Å². The highest BCUT2D eigenvalue weighted by Crippen LogP contribution is 2.27. The molecule has 0 heterocycles. The fourth-order valence-electron chi connectivity index (χ4n) is 1.12. The molecule has 3 nitrogen and oxygen atoms in total. The molecule has 1 rings (SSSR count). The summed E-state index contributed by atoms with van der Waals surface area (Å²) in [5, 5.41) is 7.41. The molecule has 0 saturated carbocycles. The molecule has 0 fully saturated rings. The summed E-state index contributed by atoms with van der Waals surface area (Å²) >= 11 is 1.55. The van der Waals surface area contributed by atoms with Gasteiger partial charge in [0, 0.05) is 4.90 Å². The summed E-state index contributed by atoms with van der Waals surface area (Å²) in [4.78, 5) is 0.965. The Kier molecular flexibility index (Phi) is 3.19. The molecule has 0 spiro atoms. The Balaban J connectivity index is 3.29. The average molecular weight is 196 g/mol. The van der Waals surface area contributed by atoms with E-state index in [4.69, 9.17) is 15.9 Å². The second kappa shape index (κ2) is 4.18. The summed E-state index contributed by atoms with van der Waals surface area (Å²) in [5.74, 6) is 0.696. The monoisotopic (exact) mass is 196 g/mol. The fraction of sp³-hybridized carbons (Fsp3) is 0.222. The van der Waals surface area contributed by atoms with Crippen LogP contribution in [0.1, 0.15) is 5.56 Å². The molecule has 0 aliphatic heterocycles. The Morgan fingerprint density at radius 2 is 2.23 bits per heavy atom. The minimum atomic E-state index is 0.0433. The minimum Gasteiger partial charge on any atom is -0.496 e. The van der Waals surface area contributed by atoms with E-state index in [0.717, 1.165) is 4.90 Å². The first-order chi connectivity index (χ1) is 6.20. The van der Waals surface area contributed by atoms with Gasteiger partial charge >= 0.3 is 0 Å². The molecular weight excluding hydrogens is 184 g/mol. The molecule has 0 atom stereocenters. The van der Waals surface area contributed by atoms with Gasteiger partial charge in [-0.15, -0.1) is 11.8 Å². The van der Waals surface area contributed by atoms with Crippen LogP contribution in [0.4, 0.5) is 0 Å². The van der Waals surface area contributed by atoms with Crippen LogP contribution in [-0.4, -0.2) is 19.2 Å². The Labute approximate surface area is 81.8 Å². The zero-order chi connectivity index (χ0) is 9.84. The predicted molar refractivity (Wildman–Crippen MR) is 55.8 cm³/mol. The normalized spacial score (nSPS) is 9.69. The highest BCUT2D eigenvalue weighted by Gasteiger charge is 2.10. The molecule has 0 aliphatic carbocycles. The fourth-order valence-corrected chi connectivity index (χ4v) is 1.75. The lowest BCUT2D eigenvalue weighted by Crippen LogP contribution is -2.13. The van der Waals surface area contributed by atoms with Gasteiger partial charge in [0.25, 0.3) is 0 Å². The van der Waals surface area contributed by atoms with Crippen LogP contribution in [0.5, 0.6) is 5.75 Å². The molecule has 4 heteroatoms. The number of nitrogen functional groups attached to an aromatic ring is 1. The lowest BCUT2D eigenvalue weighted by Gasteiger charge is -2.10. The summed E-state index contributed by atoms with van der Waals surface area (Å²) in [5.41, 5.74) is 6.13. The van der Waals surface area contributed by atoms with Crippen molar-refractivity contribution in [2.24, 2.45) is 5.73 Å². The first-order valence-corrected chi connectivity index (χ1v) is 4.98. The van der Waals surface area contributed by atoms with Crippen LogP contribution >= 0.6 is 11.8 Å². The first kappa shape index (κ1) is 9.92. The number of rotatable bonds is 3. The molecular formula is C9H12N2OS. The highest BCUT2D eigenvalue weighted by molar-refractivity contribution is 7.98. The maximum Gasteiger partial charge on any atom is 0.130 e. The van der Waals surface area contributed by atoms with Crippen LogP contribution in [0.25, 0.3) is 0 Å². The van der Waals surface area contributed by atoms with Crippen LogP contribution in [0.3, 0.4) is 0 Å². The number of nitrogens with one attached hydrogen (secondary N) is 1. The van der Waals surface area contributed by atoms with Crippen molar-refractivity contribution in [3.8, 4) is 5.75 Å². The summed E-state index contributed by atoms with van der Waals surface area (Å²) in [6, 6.07) is 5.61. The Hall–Kier alpha value is -1.16. The molecule has 1 aromatic carbocycles. The molecule has 0 aliphatic rings. The third kappa shape index (κ3) is 1.95. The van der Waals surface area contributed by atoms with Crippen LogP contribution < -0.4 is 10.5 Å². The number of methoxy groups -OCH3 is 1. The number of amidine groups is 1. The molecule has 70 valence electrons. The van der Waals surface area contributed by atoms with Gasteiger partial charge in [0.05, 0.1) is 12.7 Å². The quantitative estimate of drug-likeness (QED) is 0.439. The SMILES string of the molecule is COc1cccc(SC)c1C(=N)N. The number of ether oxygens (including phenoxy) is 1. The van der Waals surface area contributed by atoms with E-state index in [1.807, 2.05) is 18.4 Å². The smallest absolute Gasteiger partial charge is 0.130 e. The van der Waals surface area contributed by atoms with Gasteiger partial charge in [0.15, 0.2) is 0 Å². The van der Waals surface area contributed by atoms with Crippen LogP contribution in [0.2, 0.25) is 0 Å². The van der Waals surface area contributed by atoms with E-state index in [0.29, 0.717) is 11.3 Å². The van der Waals surface area contributed by atoms with Crippen molar-refractivity contribution >= 4 is 17.6 Å². The lowest BCUT2D eigenvalue weighted by molar-refractivity contribution is 0.412. The second-order valence-corrected chi connectivity index (χ2v) is 3.30. The van der Waals surface area contributed by atoms with Crippen molar-refractivity contribution < 1.29 is 4.74 Å². The molecule has 0 amide bonds. The van der Waals surface area contributed by atoms with Gasteiger partial charge in [0.1, 0.15) is 11.6 Å². The van der Waals surface area contributed by atoms with Crippen molar-refractivity contribution in [3.05, 3.63) is 23.8 Å². The molecule has 0 radical (unpaired) electrons. The third-order valence-corrected chi connectivity index (χ3v) is 2.48. The van der Waals surface area contributed by atoms with Gasteiger partial charge in [-0.05, 0) is 18.4 Å². The highest BCUT2D eigenvalue weighted by atomic mass is 32.2. The molecule has 0 saturated heterocycles. The molecule has 0 bridgehead atoms. The number of hydrogen-bond acceptors (Lipinski definition) is 3. The first-order valence-electron chi connectivity index (χ1n) is 3.76. The maximum atomic E-state index is 7.41. The van der Waals surface area contributed by atoms with Gasteiger partial charge in [-0.1, -0.05) is 6.07 Å². The van der Waals surface area contributed by atoms with E-state index in [1.54, 1.807) is 24.9 Å². The predicted octanol–water partition coefficient (Wildman–Crippen LogP) is 1.70. The van der Waals surface area contributed by atoms with Crippen molar-refractivity contribution in [2.45, 2.75) is 4.90 Å². The topological polar surface area (TPSA) is 59.1 Å². The largest absolute Gasteiger partial charge is 0.496 e. The van der Waals surface area contributed by atoms with Crippen molar-refractivity contribution in [2.75, 3.05) is 13.4 Å². The van der Waals surface area contributed by atoms with Gasteiger partial charge in [0.2, 0.25) is 0 Å². The van der Waals surface area contributed by atoms with E-state index in [-0.39, 0.29) is 5.84 Å². The van der Waals surface area contributed by atoms with E-state index in [2.05, 4.69) is 0 Å². The van der Waals surface area contributed by atoms with Crippen molar-refractivity contribution in [3.63, 3.8) is 0 Å². The van der Waals surface area contributed by atoms with Crippen LogP contribution in [0.15, 0.2) is 23.1 Å². The number of nitrogens with two attached hydrogens (primary N) is 1. The van der Waals surface area contributed by atoms with E-state index in [1.165, 1.54) is 0 Å². The average Bonchev–Trinajstić information content (AvgIpc) is 2.16. The van der Waals surface area contributed by atoms with E-state index < -0.39 is 0 Å². The zero-order valence-corrected chi connectivity index (χ0v) is 8.44. The summed E-state index contributed by atoms with van der Waals surface area (Å²) in [7, 11) is 1.58. The minimum absolute atomic E-state index is 0.0433. The molecule has 1 aromatic rings. The molecule has 0 aromatic heterocycles. The van der Waals surface area contributed by atoms with Gasteiger partial charge in [-0.25, -0.2) is 0 Å². The maximum absolute atomic E-state index is 7.41. The van der Waals surface area contributed by atoms with Gasteiger partial charge < -0.3 is 10.5 Å². The van der Waals surface area contributed by atoms with Gasteiger partial charge in [-0.2, -0.15) is 0 Å². The lowest BCUT2D eigenvalue weighted by atomic mass is 10.2. The molecule has 13 heavy (non-hydrogen) atoms. The zero-order valence-electron chi connectivity index (χ0n) is 7.63. The molecule has 0 unspecified atom stereocenters. The van der Waals surface area contributed by atoms with Crippen molar-refractivity contribution in [1.29, 1.82) is 5.41 Å². The third-order valence-electron chi connectivity index (χ3n) is 1.70. The van der Waals surface area contributed by atoms with Gasteiger partial charge in [-0.3, -0.25) is 5.41 Å². The number of hydrogen-bond donors (Lipinski definition) is 2. The Morgan fingerprint density at radius 3 is 2.69 bits per heavy atom. The summed E-state index contributed by atoms with van der Waals surface area (Å²) in [6.07, 6.45) is 1.95. The standard InChI is InChI=1S/C9H12N2OS/c1-12-6-4-3-5-7(13-2)8(6)9(10)11/h3-5H,1-2H3,(H3,10,11). The number of benzene rings is 1. The number of thioether (sulfide) groups is 1. The molecule has 3 N–H and O–H groups in total.